The summed E-state index contributed by atoms with van der Waals surface area (Å²) in [5.41, 5.74) is 5.46. The van der Waals surface area contributed by atoms with E-state index in [4.69, 9.17) is 4.74 Å². The second kappa shape index (κ2) is 6.72. The monoisotopic (exact) mass is 420 g/mol. The molecule has 0 bridgehead atoms. The second-order valence-corrected chi connectivity index (χ2v) is 9.35. The van der Waals surface area contributed by atoms with E-state index in [1.807, 2.05) is 4.72 Å². The summed E-state index contributed by atoms with van der Waals surface area (Å²) in [6, 6.07) is 1.41. The first-order chi connectivity index (χ1) is 13.9. The fraction of sp³-hybridized carbons (Fsp3) is 0.474. The molecule has 0 fully saturated rings. The third-order valence-corrected chi connectivity index (χ3v) is 7.07. The maximum absolute atomic E-state index is 13.4. The summed E-state index contributed by atoms with van der Waals surface area (Å²) >= 11 is 0. The third-order valence-electron chi connectivity index (χ3n) is 5.76. The average Bonchev–Trinajstić information content (AvgIpc) is 3.39. The van der Waals surface area contributed by atoms with Crippen LogP contribution in [0, 0.1) is 0 Å². The minimum atomic E-state index is -4.22. The SMILES string of the molecule is O=C(Nc1c2c(cc3c1CCC3)CCC2)NS(=O)(=O)c1cnn2c1OCC(F)C2. The first-order valence-corrected chi connectivity index (χ1v) is 11.2. The zero-order valence-electron chi connectivity index (χ0n) is 15.7. The highest BCUT2D eigenvalue weighted by Gasteiger charge is 2.32. The maximum Gasteiger partial charge on any atom is 0.333 e. The molecular weight excluding hydrogens is 399 g/mol. The van der Waals surface area contributed by atoms with E-state index in [-0.39, 0.29) is 23.9 Å². The Morgan fingerprint density at radius 3 is 2.55 bits per heavy atom. The van der Waals surface area contributed by atoms with Gasteiger partial charge in [0, 0.05) is 5.69 Å². The predicted molar refractivity (Wildman–Crippen MR) is 102 cm³/mol. The second-order valence-electron chi connectivity index (χ2n) is 7.70. The van der Waals surface area contributed by atoms with Crippen molar-refractivity contribution in [2.75, 3.05) is 11.9 Å². The number of nitrogens with zero attached hydrogens (tertiary/aromatic N) is 2. The Bertz CT molecular complexity index is 1080. The molecule has 2 heterocycles. The molecule has 3 aliphatic rings. The topological polar surface area (TPSA) is 102 Å². The molecule has 2 aromatic rings. The minimum Gasteiger partial charge on any atom is -0.474 e. The summed E-state index contributed by atoms with van der Waals surface area (Å²) in [4.78, 5) is 12.3. The number of alkyl halides is 1. The van der Waals surface area contributed by atoms with Crippen molar-refractivity contribution < 1.29 is 22.3 Å². The summed E-state index contributed by atoms with van der Waals surface area (Å²) in [6.07, 6.45) is 5.59. The van der Waals surface area contributed by atoms with Gasteiger partial charge in [-0.15, -0.1) is 0 Å². The first-order valence-electron chi connectivity index (χ1n) is 9.75. The van der Waals surface area contributed by atoms with Gasteiger partial charge in [0.15, 0.2) is 11.1 Å². The molecule has 0 spiro atoms. The quantitative estimate of drug-likeness (QED) is 0.792. The number of amides is 2. The summed E-state index contributed by atoms with van der Waals surface area (Å²) in [5, 5.41) is 6.65. The highest BCUT2D eigenvalue weighted by Crippen LogP contribution is 2.38. The first kappa shape index (κ1) is 18.4. The van der Waals surface area contributed by atoms with Crippen molar-refractivity contribution in [2.24, 2.45) is 0 Å². The number of nitrogens with one attached hydrogen (secondary N) is 2. The van der Waals surface area contributed by atoms with Gasteiger partial charge >= 0.3 is 6.03 Å². The van der Waals surface area contributed by atoms with Crippen molar-refractivity contribution in [2.45, 2.75) is 56.1 Å². The molecule has 0 radical (unpaired) electrons. The van der Waals surface area contributed by atoms with Gasteiger partial charge in [0.25, 0.3) is 10.0 Å². The summed E-state index contributed by atoms with van der Waals surface area (Å²) in [5.74, 6) is -0.0549. The maximum atomic E-state index is 13.4. The van der Waals surface area contributed by atoms with E-state index in [0.717, 1.165) is 66.2 Å². The zero-order valence-corrected chi connectivity index (χ0v) is 16.5. The fourth-order valence-electron chi connectivity index (χ4n) is 4.51. The smallest absolute Gasteiger partial charge is 0.333 e. The lowest BCUT2D eigenvalue weighted by atomic mass is 9.99. The van der Waals surface area contributed by atoms with Gasteiger partial charge in [-0.05, 0) is 60.8 Å². The number of carbonyl (C=O) groups excluding carboxylic acids is 1. The molecule has 10 heteroatoms. The largest absolute Gasteiger partial charge is 0.474 e. The molecule has 2 amide bonds. The van der Waals surface area contributed by atoms with Crippen LogP contribution in [0.15, 0.2) is 17.2 Å². The van der Waals surface area contributed by atoms with Crippen LogP contribution in [0.1, 0.15) is 35.1 Å². The number of benzene rings is 1. The van der Waals surface area contributed by atoms with E-state index in [1.54, 1.807) is 0 Å². The molecule has 1 atom stereocenters. The molecular formula is C19H21FN4O4S. The van der Waals surface area contributed by atoms with Crippen molar-refractivity contribution in [1.82, 2.24) is 14.5 Å². The molecule has 1 aromatic heterocycles. The van der Waals surface area contributed by atoms with E-state index >= 15 is 0 Å². The Hall–Kier alpha value is -2.62. The van der Waals surface area contributed by atoms with Gasteiger partial charge in [0.05, 0.1) is 12.7 Å². The highest BCUT2D eigenvalue weighted by molar-refractivity contribution is 7.90. The Morgan fingerprint density at radius 1 is 1.17 bits per heavy atom. The Morgan fingerprint density at radius 2 is 1.86 bits per heavy atom. The van der Waals surface area contributed by atoms with E-state index < -0.39 is 22.2 Å². The lowest BCUT2D eigenvalue weighted by molar-refractivity contribution is 0.122. The van der Waals surface area contributed by atoms with Gasteiger partial charge in [-0.3, -0.25) is 0 Å². The molecule has 1 unspecified atom stereocenters. The zero-order chi connectivity index (χ0) is 20.2. The number of hydrogen-bond donors (Lipinski definition) is 2. The third kappa shape index (κ3) is 3.15. The van der Waals surface area contributed by atoms with Crippen LogP contribution in [0.3, 0.4) is 0 Å². The number of anilines is 1. The van der Waals surface area contributed by atoms with Gasteiger partial charge in [0.1, 0.15) is 6.61 Å². The standard InChI is InChI=1S/C19H21FN4O4S/c20-13-9-24-18(28-10-13)16(8-21-24)29(26,27)23-19(25)22-17-14-5-1-3-11(14)7-12-4-2-6-15(12)17/h7-8,13H,1-6,9-10H2,(H2,22,23,25). The van der Waals surface area contributed by atoms with Crippen molar-refractivity contribution in [1.29, 1.82) is 0 Å². The number of rotatable bonds is 3. The van der Waals surface area contributed by atoms with Gasteiger partial charge in [-0.1, -0.05) is 6.07 Å². The lowest BCUT2D eigenvalue weighted by Gasteiger charge is -2.19. The van der Waals surface area contributed by atoms with Gasteiger partial charge in [-0.2, -0.15) is 5.10 Å². The van der Waals surface area contributed by atoms with E-state index in [2.05, 4.69) is 16.5 Å². The van der Waals surface area contributed by atoms with Crippen LogP contribution in [-0.2, 0) is 42.3 Å². The molecule has 2 aliphatic carbocycles. The van der Waals surface area contributed by atoms with Crippen molar-refractivity contribution in [3.8, 4) is 5.88 Å². The van der Waals surface area contributed by atoms with Crippen LogP contribution < -0.4 is 14.8 Å². The highest BCUT2D eigenvalue weighted by atomic mass is 32.2. The number of ether oxygens (including phenoxy) is 1. The number of halogens is 1. The van der Waals surface area contributed by atoms with Gasteiger partial charge < -0.3 is 10.1 Å². The number of hydrogen-bond acceptors (Lipinski definition) is 5. The summed E-state index contributed by atoms with van der Waals surface area (Å²) in [7, 11) is -4.22. The number of fused-ring (bicyclic) bond motifs is 3. The number of sulfonamides is 1. The molecule has 8 nitrogen and oxygen atoms in total. The molecule has 1 aliphatic heterocycles. The van der Waals surface area contributed by atoms with E-state index in [0.29, 0.717) is 0 Å². The molecule has 29 heavy (non-hydrogen) atoms. The van der Waals surface area contributed by atoms with Crippen LogP contribution in [0.25, 0.3) is 0 Å². The number of urea groups is 1. The molecule has 2 N–H and O–H groups in total. The molecule has 5 rings (SSSR count). The summed E-state index contributed by atoms with van der Waals surface area (Å²) < 4.78 is 47.2. The van der Waals surface area contributed by atoms with Gasteiger partial charge in [-0.25, -0.2) is 27.0 Å². The van der Waals surface area contributed by atoms with Crippen LogP contribution in [-0.4, -0.2) is 37.0 Å². The predicted octanol–water partition coefficient (Wildman–Crippen LogP) is 2.10. The minimum absolute atomic E-state index is 0.0549. The molecule has 154 valence electrons. The van der Waals surface area contributed by atoms with Gasteiger partial charge in [0.2, 0.25) is 5.88 Å². The molecule has 0 saturated heterocycles. The molecule has 0 saturated carbocycles. The number of aromatic nitrogens is 2. The van der Waals surface area contributed by atoms with Crippen LogP contribution >= 0.6 is 0 Å². The van der Waals surface area contributed by atoms with E-state index in [9.17, 15) is 17.6 Å². The average molecular weight is 420 g/mol. The van der Waals surface area contributed by atoms with Crippen LogP contribution in [0.2, 0.25) is 0 Å². The number of aryl methyl sites for hydroxylation is 2. The van der Waals surface area contributed by atoms with Crippen molar-refractivity contribution in [3.05, 3.63) is 34.5 Å². The van der Waals surface area contributed by atoms with Crippen molar-refractivity contribution >= 4 is 21.7 Å². The summed E-state index contributed by atoms with van der Waals surface area (Å²) in [6.45, 7) is -0.331. The fourth-order valence-corrected chi connectivity index (χ4v) is 5.50. The number of carbonyl (C=O) groups is 1. The lowest BCUT2D eigenvalue weighted by Crippen LogP contribution is -2.35. The van der Waals surface area contributed by atoms with Crippen molar-refractivity contribution in [3.63, 3.8) is 0 Å². The Kier molecular flexibility index (Phi) is 4.27. The Labute approximate surface area is 167 Å². The normalized spacial score (nSPS) is 19.8. The van der Waals surface area contributed by atoms with E-state index in [1.165, 1.54) is 11.1 Å². The molecule has 1 aromatic carbocycles. The van der Waals surface area contributed by atoms with Crippen LogP contribution in [0.5, 0.6) is 5.88 Å². The Balaban J connectivity index is 1.40. The van der Waals surface area contributed by atoms with Crippen LogP contribution in [0.4, 0.5) is 14.9 Å².